The van der Waals surface area contributed by atoms with Crippen LogP contribution in [0.4, 0.5) is 13.2 Å². The molecular weight excluding hydrogens is 411 g/mol. The number of methoxy groups -OCH3 is 2. The number of hydrogen-bond acceptors (Lipinski definition) is 4. The van der Waals surface area contributed by atoms with E-state index in [1.54, 1.807) is 26.4 Å². The topological polar surface area (TPSA) is 64.1 Å². The van der Waals surface area contributed by atoms with Crippen LogP contribution >= 0.6 is 0 Å². The van der Waals surface area contributed by atoms with E-state index < -0.39 is 12.8 Å². The Kier molecular flexibility index (Phi) is 9.30. The van der Waals surface area contributed by atoms with Crippen molar-refractivity contribution in [1.82, 2.24) is 10.6 Å². The average molecular weight is 439 g/mol. The lowest BCUT2D eigenvalue weighted by atomic mass is 10.1. The van der Waals surface area contributed by atoms with Gasteiger partial charge in [-0.05, 0) is 48.7 Å². The third-order valence-electron chi connectivity index (χ3n) is 4.24. The highest BCUT2D eigenvalue weighted by Crippen LogP contribution is 2.27. The first-order valence-corrected chi connectivity index (χ1v) is 9.86. The fourth-order valence-electron chi connectivity index (χ4n) is 2.73. The predicted octanol–water partition coefficient (Wildman–Crippen LogP) is 3.94. The number of nitrogens with one attached hydrogen (secondary N) is 2. The summed E-state index contributed by atoms with van der Waals surface area (Å²) in [6.45, 7) is 2.40. The molecule has 0 aromatic heterocycles. The molecule has 9 heteroatoms. The average Bonchev–Trinajstić information content (AvgIpc) is 2.76. The summed E-state index contributed by atoms with van der Waals surface area (Å²) in [6, 6.07) is 12.2. The fourth-order valence-corrected chi connectivity index (χ4v) is 2.73. The van der Waals surface area contributed by atoms with Crippen LogP contribution in [0.1, 0.15) is 18.1 Å². The smallest absolute Gasteiger partial charge is 0.422 e. The van der Waals surface area contributed by atoms with Gasteiger partial charge in [0.05, 0.1) is 20.8 Å². The van der Waals surface area contributed by atoms with Crippen molar-refractivity contribution < 1.29 is 27.4 Å². The highest BCUT2D eigenvalue weighted by molar-refractivity contribution is 5.79. The monoisotopic (exact) mass is 439 g/mol. The Bertz CT molecular complexity index is 840. The van der Waals surface area contributed by atoms with Gasteiger partial charge in [-0.2, -0.15) is 13.2 Å². The van der Waals surface area contributed by atoms with Gasteiger partial charge >= 0.3 is 6.18 Å². The quantitative estimate of drug-likeness (QED) is 0.434. The molecule has 2 aromatic rings. The van der Waals surface area contributed by atoms with E-state index in [9.17, 15) is 13.2 Å². The number of aliphatic imine (C=N–C) groups is 1. The molecule has 0 aliphatic carbocycles. The first-order valence-electron chi connectivity index (χ1n) is 9.86. The van der Waals surface area contributed by atoms with Crippen LogP contribution in [0.2, 0.25) is 0 Å². The maximum Gasteiger partial charge on any atom is 0.422 e. The molecule has 0 heterocycles. The summed E-state index contributed by atoms with van der Waals surface area (Å²) in [4.78, 5) is 4.52. The molecule has 0 saturated carbocycles. The largest absolute Gasteiger partial charge is 0.493 e. The Balaban J connectivity index is 1.88. The van der Waals surface area contributed by atoms with Crippen molar-refractivity contribution in [2.24, 2.45) is 4.99 Å². The third-order valence-corrected chi connectivity index (χ3v) is 4.24. The molecule has 0 amide bonds. The summed E-state index contributed by atoms with van der Waals surface area (Å²) in [5.41, 5.74) is 1.95. The van der Waals surface area contributed by atoms with Crippen molar-refractivity contribution >= 4 is 5.96 Å². The van der Waals surface area contributed by atoms with Gasteiger partial charge in [0.15, 0.2) is 24.1 Å². The van der Waals surface area contributed by atoms with Gasteiger partial charge in [-0.15, -0.1) is 0 Å². The third kappa shape index (κ3) is 8.65. The van der Waals surface area contributed by atoms with Crippen molar-refractivity contribution in [3.63, 3.8) is 0 Å². The number of nitrogens with zero attached hydrogens (tertiary/aromatic N) is 1. The number of hydrogen-bond donors (Lipinski definition) is 2. The van der Waals surface area contributed by atoms with Crippen molar-refractivity contribution in [1.29, 1.82) is 0 Å². The lowest BCUT2D eigenvalue weighted by Gasteiger charge is -2.13. The number of alkyl halides is 3. The van der Waals surface area contributed by atoms with E-state index in [4.69, 9.17) is 14.2 Å². The Labute approximate surface area is 180 Å². The van der Waals surface area contributed by atoms with Crippen LogP contribution in [0.5, 0.6) is 17.2 Å². The first-order chi connectivity index (χ1) is 14.8. The molecule has 6 nitrogen and oxygen atoms in total. The van der Waals surface area contributed by atoms with Crippen molar-refractivity contribution in [2.75, 3.05) is 33.9 Å². The van der Waals surface area contributed by atoms with Crippen LogP contribution in [0.3, 0.4) is 0 Å². The normalized spacial score (nSPS) is 11.7. The molecule has 0 radical (unpaired) electrons. The van der Waals surface area contributed by atoms with E-state index in [-0.39, 0.29) is 5.75 Å². The summed E-state index contributed by atoms with van der Waals surface area (Å²) < 4.78 is 51.9. The van der Waals surface area contributed by atoms with E-state index >= 15 is 0 Å². The van der Waals surface area contributed by atoms with E-state index in [1.165, 1.54) is 12.1 Å². The molecule has 0 fully saturated rings. The molecule has 170 valence electrons. The number of benzene rings is 2. The van der Waals surface area contributed by atoms with Crippen molar-refractivity contribution in [3.8, 4) is 17.2 Å². The zero-order valence-corrected chi connectivity index (χ0v) is 17.9. The second-order valence-corrected chi connectivity index (χ2v) is 6.61. The summed E-state index contributed by atoms with van der Waals surface area (Å²) >= 11 is 0. The molecule has 0 spiro atoms. The number of halogens is 3. The molecule has 2 aromatic carbocycles. The lowest BCUT2D eigenvalue weighted by molar-refractivity contribution is -0.153. The van der Waals surface area contributed by atoms with E-state index in [2.05, 4.69) is 15.6 Å². The van der Waals surface area contributed by atoms with Crippen LogP contribution in [0.25, 0.3) is 0 Å². The molecule has 0 bridgehead atoms. The molecule has 0 aliphatic rings. The van der Waals surface area contributed by atoms with Gasteiger partial charge in [-0.3, -0.25) is 0 Å². The van der Waals surface area contributed by atoms with E-state index in [1.807, 2.05) is 25.1 Å². The van der Waals surface area contributed by atoms with Crippen LogP contribution in [-0.2, 0) is 13.0 Å². The highest BCUT2D eigenvalue weighted by atomic mass is 19.4. The number of ether oxygens (including phenoxy) is 3. The lowest BCUT2D eigenvalue weighted by Crippen LogP contribution is -2.38. The van der Waals surface area contributed by atoms with Gasteiger partial charge in [-0.25, -0.2) is 4.99 Å². The van der Waals surface area contributed by atoms with Crippen molar-refractivity contribution in [2.45, 2.75) is 26.1 Å². The molecule has 0 aliphatic heterocycles. The zero-order valence-electron chi connectivity index (χ0n) is 17.9. The number of rotatable bonds is 10. The minimum atomic E-state index is -4.35. The molecular formula is C22H28F3N3O3. The van der Waals surface area contributed by atoms with Crippen molar-refractivity contribution in [3.05, 3.63) is 53.6 Å². The van der Waals surface area contributed by atoms with Gasteiger partial charge < -0.3 is 24.8 Å². The predicted molar refractivity (Wildman–Crippen MR) is 114 cm³/mol. The second-order valence-electron chi connectivity index (χ2n) is 6.61. The van der Waals surface area contributed by atoms with Gasteiger partial charge in [-0.1, -0.05) is 18.2 Å². The van der Waals surface area contributed by atoms with Crippen LogP contribution < -0.4 is 24.8 Å². The zero-order chi connectivity index (χ0) is 22.7. The molecule has 0 unspecified atom stereocenters. The molecule has 31 heavy (non-hydrogen) atoms. The summed E-state index contributed by atoms with van der Waals surface area (Å²) in [5, 5.41) is 6.44. The Hall–Kier alpha value is -3.10. The SMILES string of the molecule is CCNC(=NCc1ccc(OCC(F)(F)F)cc1)NCCc1ccc(OC)c(OC)c1. The van der Waals surface area contributed by atoms with E-state index in [0.29, 0.717) is 37.1 Å². The van der Waals surface area contributed by atoms with Gasteiger partial charge in [0.1, 0.15) is 5.75 Å². The summed E-state index contributed by atoms with van der Waals surface area (Å²) in [7, 11) is 3.20. The first kappa shape index (κ1) is 24.2. The summed E-state index contributed by atoms with van der Waals surface area (Å²) in [5.74, 6) is 2.19. The molecule has 2 N–H and O–H groups in total. The molecule has 0 saturated heterocycles. The van der Waals surface area contributed by atoms with Gasteiger partial charge in [0.25, 0.3) is 0 Å². The Morgan fingerprint density at radius 2 is 1.61 bits per heavy atom. The van der Waals surface area contributed by atoms with E-state index in [0.717, 1.165) is 17.5 Å². The number of guanidine groups is 1. The second kappa shape index (κ2) is 11.9. The highest BCUT2D eigenvalue weighted by Gasteiger charge is 2.28. The minimum Gasteiger partial charge on any atom is -0.493 e. The molecule has 2 rings (SSSR count). The minimum absolute atomic E-state index is 0.171. The maximum atomic E-state index is 12.2. The fraction of sp³-hybridized carbons (Fsp3) is 0.409. The van der Waals surface area contributed by atoms with Crippen LogP contribution in [0, 0.1) is 0 Å². The van der Waals surface area contributed by atoms with Crippen LogP contribution in [-0.4, -0.2) is 46.1 Å². The van der Waals surface area contributed by atoms with Gasteiger partial charge in [0, 0.05) is 13.1 Å². The van der Waals surface area contributed by atoms with Crippen LogP contribution in [0.15, 0.2) is 47.5 Å². The standard InChI is InChI=1S/C22H28F3N3O3/c1-4-26-21(27-12-11-16-7-10-19(29-2)20(13-16)30-3)28-14-17-5-8-18(9-6-17)31-15-22(23,24)25/h5-10,13H,4,11-12,14-15H2,1-3H3,(H2,26,27,28). The van der Waals surface area contributed by atoms with Gasteiger partial charge in [0.2, 0.25) is 0 Å². The Morgan fingerprint density at radius 3 is 2.23 bits per heavy atom. The maximum absolute atomic E-state index is 12.2. The summed E-state index contributed by atoms with van der Waals surface area (Å²) in [6.07, 6.45) is -3.59. The molecule has 0 atom stereocenters. The Morgan fingerprint density at radius 1 is 0.935 bits per heavy atom.